The van der Waals surface area contributed by atoms with Crippen LogP contribution in [-0.2, 0) is 14.3 Å². The predicted molar refractivity (Wildman–Crippen MR) is 76.0 cm³/mol. The van der Waals surface area contributed by atoms with E-state index in [4.69, 9.17) is 10.3 Å². The fraction of sp³-hybridized carbons (Fsp3) is 0.286. The Morgan fingerprint density at radius 1 is 1.24 bits per heavy atom. The lowest BCUT2D eigenvalue weighted by atomic mass is 10.0. The van der Waals surface area contributed by atoms with Crippen molar-refractivity contribution >= 4 is 17.4 Å². The van der Waals surface area contributed by atoms with Gasteiger partial charge < -0.3 is 9.64 Å². The first-order valence-electron chi connectivity index (χ1n) is 6.45. The van der Waals surface area contributed by atoms with Gasteiger partial charge in [-0.05, 0) is 16.2 Å². The predicted octanol–water partition coefficient (Wildman–Crippen LogP) is 1.77. The van der Waals surface area contributed by atoms with Gasteiger partial charge in [0.05, 0.1) is 18.8 Å². The number of hydrogen-bond donors (Lipinski definition) is 0. The number of amides is 2. The van der Waals surface area contributed by atoms with E-state index >= 15 is 0 Å². The standard InChI is InChI=1S/C14H14N4O3/c15-17-16-13(19)10-12(11-4-2-1-3-5-11)14(20)18-6-8-21-9-7-18/h1-5,10H,6-9H2. The summed E-state index contributed by atoms with van der Waals surface area (Å²) in [6.07, 6.45) is 1.08. The van der Waals surface area contributed by atoms with Gasteiger partial charge >= 0.3 is 0 Å². The Morgan fingerprint density at radius 3 is 2.52 bits per heavy atom. The summed E-state index contributed by atoms with van der Waals surface area (Å²) in [5, 5.41) is 2.99. The summed E-state index contributed by atoms with van der Waals surface area (Å²) >= 11 is 0. The highest BCUT2D eigenvalue weighted by atomic mass is 16.5. The third-order valence-electron chi connectivity index (χ3n) is 3.02. The molecule has 2 amide bonds. The van der Waals surface area contributed by atoms with Crippen molar-refractivity contribution in [1.29, 1.82) is 0 Å². The van der Waals surface area contributed by atoms with Crippen LogP contribution in [0.3, 0.4) is 0 Å². The minimum Gasteiger partial charge on any atom is -0.378 e. The molecule has 1 aliphatic heterocycles. The Balaban J connectivity index is 2.33. The molecule has 0 bridgehead atoms. The van der Waals surface area contributed by atoms with Gasteiger partial charge in [0, 0.05) is 24.1 Å². The van der Waals surface area contributed by atoms with Gasteiger partial charge in [-0.2, -0.15) is 0 Å². The first-order chi connectivity index (χ1) is 10.2. The Bertz CT molecular complexity index is 600. The van der Waals surface area contributed by atoms with Gasteiger partial charge in [-0.3, -0.25) is 9.59 Å². The van der Waals surface area contributed by atoms with E-state index in [1.807, 2.05) is 6.07 Å². The molecular formula is C14H14N4O3. The molecule has 0 atom stereocenters. The minimum atomic E-state index is -0.794. The first kappa shape index (κ1) is 14.8. The normalized spacial score (nSPS) is 15.2. The van der Waals surface area contributed by atoms with Gasteiger partial charge in [0.15, 0.2) is 0 Å². The van der Waals surface area contributed by atoms with Crippen LogP contribution in [0.2, 0.25) is 0 Å². The van der Waals surface area contributed by atoms with E-state index in [0.29, 0.717) is 31.9 Å². The summed E-state index contributed by atoms with van der Waals surface area (Å²) < 4.78 is 5.21. The number of benzene rings is 1. The molecule has 0 radical (unpaired) electrons. The second kappa shape index (κ2) is 7.23. The minimum absolute atomic E-state index is 0.218. The summed E-state index contributed by atoms with van der Waals surface area (Å²) in [6.45, 7) is 1.88. The largest absolute Gasteiger partial charge is 0.378 e. The number of hydrogen-bond acceptors (Lipinski definition) is 3. The number of ether oxygens (including phenoxy) is 1. The second-order valence-electron chi connectivity index (χ2n) is 4.36. The van der Waals surface area contributed by atoms with E-state index in [1.54, 1.807) is 29.2 Å². The molecule has 108 valence electrons. The summed E-state index contributed by atoms with van der Waals surface area (Å²) in [5.41, 5.74) is 9.13. The van der Waals surface area contributed by atoms with Gasteiger partial charge in [-0.1, -0.05) is 30.3 Å². The maximum Gasteiger partial charge on any atom is 0.254 e. The van der Waals surface area contributed by atoms with Crippen molar-refractivity contribution in [1.82, 2.24) is 4.90 Å². The van der Waals surface area contributed by atoms with Gasteiger partial charge in [0.25, 0.3) is 5.91 Å². The molecule has 1 heterocycles. The van der Waals surface area contributed by atoms with Gasteiger partial charge in [-0.25, -0.2) is 0 Å². The molecule has 0 aromatic heterocycles. The van der Waals surface area contributed by atoms with Crippen molar-refractivity contribution in [3.8, 4) is 0 Å². The number of azide groups is 1. The molecule has 0 spiro atoms. The lowest BCUT2D eigenvalue weighted by molar-refractivity contribution is -0.129. The van der Waals surface area contributed by atoms with E-state index in [2.05, 4.69) is 10.0 Å². The van der Waals surface area contributed by atoms with Crippen LogP contribution in [0.5, 0.6) is 0 Å². The lowest BCUT2D eigenvalue weighted by Gasteiger charge is -2.27. The zero-order valence-electron chi connectivity index (χ0n) is 11.3. The van der Waals surface area contributed by atoms with Crippen molar-refractivity contribution < 1.29 is 14.3 Å². The highest BCUT2D eigenvalue weighted by Crippen LogP contribution is 2.18. The van der Waals surface area contributed by atoms with Crippen molar-refractivity contribution in [3.05, 3.63) is 52.4 Å². The monoisotopic (exact) mass is 286 g/mol. The smallest absolute Gasteiger partial charge is 0.254 e. The van der Waals surface area contributed by atoms with Crippen LogP contribution < -0.4 is 0 Å². The molecule has 0 aliphatic carbocycles. The molecule has 7 nitrogen and oxygen atoms in total. The average Bonchev–Trinajstić information content (AvgIpc) is 2.54. The highest BCUT2D eigenvalue weighted by molar-refractivity contribution is 6.23. The Morgan fingerprint density at radius 2 is 1.90 bits per heavy atom. The summed E-state index contributed by atoms with van der Waals surface area (Å²) in [4.78, 5) is 28.1. The third kappa shape index (κ3) is 3.92. The molecule has 7 heteroatoms. The maximum absolute atomic E-state index is 12.6. The van der Waals surface area contributed by atoms with Crippen molar-refractivity contribution in [3.63, 3.8) is 0 Å². The number of nitrogens with zero attached hydrogens (tertiary/aromatic N) is 4. The molecule has 21 heavy (non-hydrogen) atoms. The van der Waals surface area contributed by atoms with Crippen LogP contribution in [0.1, 0.15) is 5.56 Å². The fourth-order valence-corrected chi connectivity index (χ4v) is 2.02. The quantitative estimate of drug-likeness (QED) is 0.366. The Kier molecular flexibility index (Phi) is 5.09. The van der Waals surface area contributed by atoms with E-state index in [-0.39, 0.29) is 11.5 Å². The molecule has 1 aliphatic rings. The number of morpholine rings is 1. The van der Waals surface area contributed by atoms with E-state index in [0.717, 1.165) is 6.08 Å². The van der Waals surface area contributed by atoms with Gasteiger partial charge in [0.1, 0.15) is 0 Å². The van der Waals surface area contributed by atoms with E-state index in [9.17, 15) is 9.59 Å². The third-order valence-corrected chi connectivity index (χ3v) is 3.02. The molecule has 0 N–H and O–H groups in total. The zero-order valence-corrected chi connectivity index (χ0v) is 11.3. The van der Waals surface area contributed by atoms with Crippen LogP contribution in [0.15, 0.2) is 41.5 Å². The molecule has 1 aromatic rings. The molecule has 0 unspecified atom stereocenters. The van der Waals surface area contributed by atoms with Crippen LogP contribution in [0, 0.1) is 0 Å². The molecule has 1 aromatic carbocycles. The lowest BCUT2D eigenvalue weighted by Crippen LogP contribution is -2.41. The number of carbonyl (C=O) groups is 2. The molecule has 1 saturated heterocycles. The zero-order chi connectivity index (χ0) is 15.1. The summed E-state index contributed by atoms with van der Waals surface area (Å²) in [5.74, 6) is -1.07. The van der Waals surface area contributed by atoms with Crippen LogP contribution in [-0.4, -0.2) is 43.0 Å². The fourth-order valence-electron chi connectivity index (χ4n) is 2.02. The summed E-state index contributed by atoms with van der Waals surface area (Å²) in [6, 6.07) is 8.82. The molecule has 0 saturated carbocycles. The molecule has 2 rings (SSSR count). The van der Waals surface area contributed by atoms with Crippen molar-refractivity contribution in [2.45, 2.75) is 0 Å². The summed E-state index contributed by atoms with van der Waals surface area (Å²) in [7, 11) is 0. The van der Waals surface area contributed by atoms with Crippen LogP contribution >= 0.6 is 0 Å². The molecular weight excluding hydrogens is 272 g/mol. The topological polar surface area (TPSA) is 95.4 Å². The van der Waals surface area contributed by atoms with Gasteiger partial charge in [-0.15, -0.1) is 0 Å². The van der Waals surface area contributed by atoms with Gasteiger partial charge in [0.2, 0.25) is 5.91 Å². The SMILES string of the molecule is [N-]=[N+]=NC(=O)C=C(C(=O)N1CCOCC1)c1ccccc1. The Labute approximate surface area is 121 Å². The van der Waals surface area contributed by atoms with Crippen LogP contribution in [0.25, 0.3) is 16.0 Å². The van der Waals surface area contributed by atoms with E-state index in [1.165, 1.54) is 0 Å². The second-order valence-corrected chi connectivity index (χ2v) is 4.36. The number of rotatable bonds is 3. The van der Waals surface area contributed by atoms with Crippen molar-refractivity contribution in [2.24, 2.45) is 5.11 Å². The number of carbonyl (C=O) groups excluding carboxylic acids is 2. The molecule has 1 fully saturated rings. The highest BCUT2D eigenvalue weighted by Gasteiger charge is 2.22. The van der Waals surface area contributed by atoms with E-state index < -0.39 is 5.91 Å². The maximum atomic E-state index is 12.6. The van der Waals surface area contributed by atoms with Crippen LogP contribution in [0.4, 0.5) is 0 Å². The van der Waals surface area contributed by atoms with Crippen molar-refractivity contribution in [2.75, 3.05) is 26.3 Å². The average molecular weight is 286 g/mol. The Hall–Kier alpha value is -2.63. The first-order valence-corrected chi connectivity index (χ1v) is 6.45.